The van der Waals surface area contributed by atoms with Crippen LogP contribution in [0.25, 0.3) is 31.6 Å². The van der Waals surface area contributed by atoms with Gasteiger partial charge in [0.1, 0.15) is 5.01 Å². The second-order valence-electron chi connectivity index (χ2n) is 6.71. The van der Waals surface area contributed by atoms with Crippen LogP contribution in [0.3, 0.4) is 0 Å². The molecule has 0 saturated heterocycles. The van der Waals surface area contributed by atoms with Crippen molar-refractivity contribution in [2.24, 2.45) is 0 Å². The van der Waals surface area contributed by atoms with Gasteiger partial charge in [-0.05, 0) is 54.4 Å². The van der Waals surface area contributed by atoms with E-state index in [1.165, 1.54) is 11.3 Å². The third-order valence-electron chi connectivity index (χ3n) is 4.80. The molecule has 0 amide bonds. The lowest BCUT2D eigenvalue weighted by Crippen LogP contribution is -2.26. The van der Waals surface area contributed by atoms with Crippen LogP contribution in [0.5, 0.6) is 0 Å². The maximum Gasteiger partial charge on any atom is 0.324 e. The predicted octanol–water partition coefficient (Wildman–Crippen LogP) is 5.33. The molecule has 1 aromatic heterocycles. The van der Waals surface area contributed by atoms with E-state index in [1.54, 1.807) is 13.8 Å². The molecular formula is C24H21NO4S. The molecule has 0 aliphatic rings. The monoisotopic (exact) mass is 419 g/mol. The molecule has 0 aliphatic heterocycles. The number of thiazole rings is 1. The number of para-hydroxylation sites is 1. The topological polar surface area (TPSA) is 65.5 Å². The highest BCUT2D eigenvalue weighted by molar-refractivity contribution is 7.21. The van der Waals surface area contributed by atoms with Gasteiger partial charge in [0.05, 0.1) is 23.4 Å². The molecule has 152 valence electrons. The average molecular weight is 420 g/mol. The number of hydrogen-bond donors (Lipinski definition) is 0. The summed E-state index contributed by atoms with van der Waals surface area (Å²) in [5, 5.41) is 2.67. The number of esters is 2. The van der Waals surface area contributed by atoms with Crippen molar-refractivity contribution in [3.05, 3.63) is 66.2 Å². The van der Waals surface area contributed by atoms with Crippen LogP contribution in [-0.2, 0) is 19.1 Å². The smallest absolute Gasteiger partial charge is 0.324 e. The van der Waals surface area contributed by atoms with Crippen molar-refractivity contribution >= 4 is 44.3 Å². The van der Waals surface area contributed by atoms with Crippen molar-refractivity contribution < 1.29 is 19.1 Å². The van der Waals surface area contributed by atoms with Crippen molar-refractivity contribution in [3.8, 4) is 10.6 Å². The van der Waals surface area contributed by atoms with Crippen molar-refractivity contribution in [3.63, 3.8) is 0 Å². The molecule has 0 spiro atoms. The highest BCUT2D eigenvalue weighted by Crippen LogP contribution is 2.38. The minimum absolute atomic E-state index is 0.179. The first-order chi connectivity index (χ1) is 14.6. The molecule has 1 heterocycles. The number of rotatable bonds is 6. The Kier molecular flexibility index (Phi) is 5.77. The molecule has 5 nitrogen and oxygen atoms in total. The third-order valence-corrected chi connectivity index (χ3v) is 5.87. The van der Waals surface area contributed by atoms with Gasteiger partial charge < -0.3 is 9.47 Å². The quantitative estimate of drug-likeness (QED) is 0.312. The number of hydrogen-bond acceptors (Lipinski definition) is 6. The maximum absolute atomic E-state index is 12.8. The molecule has 0 aliphatic carbocycles. The minimum atomic E-state index is -1.17. The van der Waals surface area contributed by atoms with Crippen LogP contribution in [0.4, 0.5) is 0 Å². The van der Waals surface area contributed by atoms with Crippen LogP contribution in [0.1, 0.15) is 25.3 Å². The Balaban J connectivity index is 1.96. The van der Waals surface area contributed by atoms with Crippen LogP contribution in [0.2, 0.25) is 0 Å². The molecule has 0 radical (unpaired) electrons. The van der Waals surface area contributed by atoms with E-state index >= 15 is 0 Å². The lowest BCUT2D eigenvalue weighted by atomic mass is 9.91. The summed E-state index contributed by atoms with van der Waals surface area (Å²) in [6.45, 7) is 3.79. The van der Waals surface area contributed by atoms with Gasteiger partial charge >= 0.3 is 11.9 Å². The van der Waals surface area contributed by atoms with Gasteiger partial charge in [-0.1, -0.05) is 36.4 Å². The molecule has 4 rings (SSSR count). The van der Waals surface area contributed by atoms with Crippen molar-refractivity contribution in [2.75, 3.05) is 13.2 Å². The first-order valence-electron chi connectivity index (χ1n) is 9.84. The standard InChI is InChI=1S/C24H21NO4S/c1-3-28-23(26)21(24(27)29-4-2)17-13-15-9-5-6-10-16(15)14-18(17)22-25-19-11-7-8-12-20(19)30-22/h5-14,21H,3-4H2,1-2H3. The Morgan fingerprint density at radius 2 is 1.50 bits per heavy atom. The lowest BCUT2D eigenvalue weighted by Gasteiger charge is -2.18. The van der Waals surface area contributed by atoms with Crippen LogP contribution in [0, 0.1) is 0 Å². The van der Waals surface area contributed by atoms with E-state index in [2.05, 4.69) is 0 Å². The second-order valence-corrected chi connectivity index (χ2v) is 7.74. The van der Waals surface area contributed by atoms with E-state index < -0.39 is 17.9 Å². The molecule has 6 heteroatoms. The van der Waals surface area contributed by atoms with Crippen molar-refractivity contribution in [1.82, 2.24) is 4.98 Å². The van der Waals surface area contributed by atoms with E-state index in [4.69, 9.17) is 14.5 Å². The Morgan fingerprint density at radius 3 is 2.13 bits per heavy atom. The highest BCUT2D eigenvalue weighted by atomic mass is 32.1. The van der Waals surface area contributed by atoms with Gasteiger partial charge in [-0.2, -0.15) is 0 Å². The zero-order valence-electron chi connectivity index (χ0n) is 16.8. The van der Waals surface area contributed by atoms with Crippen LogP contribution >= 0.6 is 11.3 Å². The molecule has 0 bridgehead atoms. The zero-order chi connectivity index (χ0) is 21.1. The van der Waals surface area contributed by atoms with Gasteiger partial charge in [-0.25, -0.2) is 4.98 Å². The van der Waals surface area contributed by atoms with Crippen LogP contribution in [-0.4, -0.2) is 30.1 Å². The summed E-state index contributed by atoms with van der Waals surface area (Å²) < 4.78 is 11.5. The molecular weight excluding hydrogens is 398 g/mol. The predicted molar refractivity (Wildman–Crippen MR) is 119 cm³/mol. The number of nitrogens with zero attached hydrogens (tertiary/aromatic N) is 1. The fourth-order valence-corrected chi connectivity index (χ4v) is 4.47. The zero-order valence-corrected chi connectivity index (χ0v) is 17.6. The lowest BCUT2D eigenvalue weighted by molar-refractivity contribution is -0.156. The summed E-state index contributed by atoms with van der Waals surface area (Å²) in [5.74, 6) is -2.40. The Bertz CT molecular complexity index is 1180. The molecule has 0 fully saturated rings. The summed E-state index contributed by atoms with van der Waals surface area (Å²) in [6, 6.07) is 19.5. The minimum Gasteiger partial charge on any atom is -0.465 e. The number of carbonyl (C=O) groups is 2. The summed E-state index contributed by atoms with van der Waals surface area (Å²) in [5.41, 5.74) is 2.16. The SMILES string of the molecule is CCOC(=O)C(C(=O)OCC)c1cc2ccccc2cc1-c1nc2ccccc2s1. The normalized spacial score (nSPS) is 11.2. The third kappa shape index (κ3) is 3.78. The molecule has 4 aromatic rings. The van der Waals surface area contributed by atoms with Gasteiger partial charge in [0.25, 0.3) is 0 Å². The van der Waals surface area contributed by atoms with Gasteiger partial charge in [-0.15, -0.1) is 11.3 Å². The van der Waals surface area contributed by atoms with Gasteiger partial charge in [0.15, 0.2) is 5.92 Å². The largest absolute Gasteiger partial charge is 0.465 e. The van der Waals surface area contributed by atoms with Gasteiger partial charge in [0, 0.05) is 5.56 Å². The van der Waals surface area contributed by atoms with Crippen LogP contribution in [0.15, 0.2) is 60.7 Å². The van der Waals surface area contributed by atoms with Crippen molar-refractivity contribution in [2.45, 2.75) is 19.8 Å². The number of fused-ring (bicyclic) bond motifs is 2. The highest BCUT2D eigenvalue weighted by Gasteiger charge is 2.34. The van der Waals surface area contributed by atoms with E-state index in [9.17, 15) is 9.59 Å². The number of ether oxygens (including phenoxy) is 2. The molecule has 0 atom stereocenters. The summed E-state index contributed by atoms with van der Waals surface area (Å²) in [4.78, 5) is 30.4. The van der Waals surface area contributed by atoms with Gasteiger partial charge in [0.2, 0.25) is 0 Å². The first-order valence-corrected chi connectivity index (χ1v) is 10.7. The molecule has 0 unspecified atom stereocenters. The number of benzene rings is 3. The fourth-order valence-electron chi connectivity index (χ4n) is 3.47. The first kappa shape index (κ1) is 20.0. The molecule has 0 saturated carbocycles. The summed E-state index contributed by atoms with van der Waals surface area (Å²) >= 11 is 1.53. The number of carbonyl (C=O) groups excluding carboxylic acids is 2. The van der Waals surface area contributed by atoms with Crippen LogP contribution < -0.4 is 0 Å². The molecule has 3 aromatic carbocycles. The fraction of sp³-hybridized carbons (Fsp3) is 0.208. The van der Waals surface area contributed by atoms with E-state index in [0.717, 1.165) is 31.6 Å². The second kappa shape index (κ2) is 8.63. The Hall–Kier alpha value is -3.25. The Labute approximate surface area is 178 Å². The Morgan fingerprint density at radius 1 is 0.900 bits per heavy atom. The van der Waals surface area contributed by atoms with E-state index in [1.807, 2.05) is 60.7 Å². The average Bonchev–Trinajstić information content (AvgIpc) is 3.18. The van der Waals surface area contributed by atoms with E-state index in [-0.39, 0.29) is 13.2 Å². The molecule has 30 heavy (non-hydrogen) atoms. The van der Waals surface area contributed by atoms with Gasteiger partial charge in [-0.3, -0.25) is 9.59 Å². The van der Waals surface area contributed by atoms with E-state index in [0.29, 0.717) is 5.56 Å². The summed E-state index contributed by atoms with van der Waals surface area (Å²) in [6.07, 6.45) is 0. The van der Waals surface area contributed by atoms with Crippen molar-refractivity contribution in [1.29, 1.82) is 0 Å². The molecule has 0 N–H and O–H groups in total. The summed E-state index contributed by atoms with van der Waals surface area (Å²) in [7, 11) is 0. The maximum atomic E-state index is 12.8. The number of aromatic nitrogens is 1.